The Morgan fingerprint density at radius 3 is 2.56 bits per heavy atom. The Morgan fingerprint density at radius 2 is 1.72 bits per heavy atom. The Hall–Kier alpha value is -3.27. The van der Waals surface area contributed by atoms with Crippen molar-refractivity contribution in [2.75, 3.05) is 11.9 Å². The van der Waals surface area contributed by atoms with Crippen molar-refractivity contribution in [1.29, 1.82) is 0 Å². The first-order valence-corrected chi connectivity index (χ1v) is 8.10. The molecule has 4 nitrogen and oxygen atoms in total. The number of fused-ring (bicyclic) bond motifs is 2. The van der Waals surface area contributed by atoms with Crippen LogP contribution in [0.2, 0.25) is 0 Å². The number of hydrogen-bond acceptors (Lipinski definition) is 2. The van der Waals surface area contributed by atoms with Crippen LogP contribution in [0.3, 0.4) is 0 Å². The summed E-state index contributed by atoms with van der Waals surface area (Å²) in [7, 11) is 3.54. The Labute approximate surface area is 145 Å². The number of aromatic nitrogens is 1. The molecular weight excluding hydrogens is 312 g/mol. The number of nitrogens with zero attached hydrogens (tertiary/aromatic N) is 2. The zero-order valence-electron chi connectivity index (χ0n) is 14.1. The van der Waals surface area contributed by atoms with E-state index in [1.54, 1.807) is 41.8 Å². The van der Waals surface area contributed by atoms with Crippen LogP contribution in [0.25, 0.3) is 22.6 Å². The fourth-order valence-corrected chi connectivity index (χ4v) is 3.36. The average Bonchev–Trinajstić information content (AvgIpc) is 3.03. The molecule has 0 saturated carbocycles. The van der Waals surface area contributed by atoms with E-state index in [2.05, 4.69) is 0 Å². The van der Waals surface area contributed by atoms with Crippen LogP contribution in [0.1, 0.15) is 11.1 Å². The van der Waals surface area contributed by atoms with Crippen molar-refractivity contribution in [3.8, 4) is 5.88 Å². The second-order valence-corrected chi connectivity index (χ2v) is 6.12. The first-order valence-electron chi connectivity index (χ1n) is 8.10. The minimum atomic E-state index is -0.0360. The lowest BCUT2D eigenvalue weighted by atomic mass is 10.1. The molecule has 0 aliphatic carbocycles. The van der Waals surface area contributed by atoms with E-state index in [0.29, 0.717) is 11.1 Å². The summed E-state index contributed by atoms with van der Waals surface area (Å²) >= 11 is 0. The van der Waals surface area contributed by atoms with Gasteiger partial charge in [-0.25, -0.2) is 0 Å². The molecule has 0 bridgehead atoms. The summed E-state index contributed by atoms with van der Waals surface area (Å²) < 4.78 is 1.64. The monoisotopic (exact) mass is 329 g/mol. The third-order valence-corrected chi connectivity index (χ3v) is 4.71. The number of para-hydroxylation sites is 2. The molecule has 3 aromatic rings. The maximum Gasteiger partial charge on any atom is 0.258 e. The molecule has 0 N–H and O–H groups in total. The highest BCUT2D eigenvalue weighted by atomic mass is 16.3. The molecule has 0 atom stereocenters. The molecule has 1 aliphatic heterocycles. The molecule has 0 fully saturated rings. The number of benzene rings is 2. The van der Waals surface area contributed by atoms with Gasteiger partial charge in [0.2, 0.25) is 0 Å². The van der Waals surface area contributed by atoms with E-state index in [0.717, 1.165) is 22.2 Å². The lowest BCUT2D eigenvalue weighted by molar-refractivity contribution is -0.278. The topological polar surface area (TPSA) is 48.3 Å². The summed E-state index contributed by atoms with van der Waals surface area (Å²) in [5, 5.41) is 13.4. The largest absolute Gasteiger partial charge is 0.860 e. The van der Waals surface area contributed by atoms with E-state index in [4.69, 9.17) is 0 Å². The fourth-order valence-electron chi connectivity index (χ4n) is 3.36. The molecule has 0 unspecified atom stereocenters. The van der Waals surface area contributed by atoms with Crippen molar-refractivity contribution in [1.82, 2.24) is 4.57 Å². The Kier molecular flexibility index (Phi) is 3.46. The zero-order chi connectivity index (χ0) is 17.6. The summed E-state index contributed by atoms with van der Waals surface area (Å²) in [6.07, 6.45) is 5.35. The van der Waals surface area contributed by atoms with Gasteiger partial charge < -0.3 is 14.6 Å². The minimum Gasteiger partial charge on any atom is -0.860 e. The summed E-state index contributed by atoms with van der Waals surface area (Å²) in [6.45, 7) is 0. The van der Waals surface area contributed by atoms with Crippen LogP contribution >= 0.6 is 0 Å². The second kappa shape index (κ2) is 5.67. The van der Waals surface area contributed by atoms with Crippen molar-refractivity contribution >= 4 is 34.1 Å². The fraction of sp³-hybridized carbons (Fsp3) is 0.0952. The summed E-state index contributed by atoms with van der Waals surface area (Å²) in [6, 6.07) is 15.4. The first kappa shape index (κ1) is 15.3. The smallest absolute Gasteiger partial charge is 0.258 e. The van der Waals surface area contributed by atoms with Crippen molar-refractivity contribution < 1.29 is 9.90 Å². The lowest BCUT2D eigenvalue weighted by Gasteiger charge is -2.08. The number of carbonyl (C=O) groups is 1. The highest BCUT2D eigenvalue weighted by molar-refractivity contribution is 6.32. The van der Waals surface area contributed by atoms with Crippen LogP contribution in [-0.4, -0.2) is 17.5 Å². The Balaban J connectivity index is 1.76. The van der Waals surface area contributed by atoms with Crippen LogP contribution in [0.4, 0.5) is 5.69 Å². The third-order valence-electron chi connectivity index (χ3n) is 4.71. The van der Waals surface area contributed by atoms with Crippen molar-refractivity contribution in [3.63, 3.8) is 0 Å². The van der Waals surface area contributed by atoms with E-state index >= 15 is 0 Å². The minimum absolute atomic E-state index is 0.0360. The number of anilines is 1. The standard InChI is InChI=1S/C21H18N2O2/c1-22-18-12-5-3-8-14(18)16(20(22)24)10-7-11-17-15-9-4-6-13-19(15)23(2)21(17)25/h3-13,24H,1-2H3/p-1/b10-7+,17-11+. The average molecular weight is 329 g/mol. The normalized spacial score (nSPS) is 15.7. The van der Waals surface area contributed by atoms with Crippen LogP contribution < -0.4 is 10.0 Å². The van der Waals surface area contributed by atoms with Crippen molar-refractivity contribution in [2.45, 2.75) is 0 Å². The van der Waals surface area contributed by atoms with Gasteiger partial charge in [-0.15, -0.1) is 0 Å². The van der Waals surface area contributed by atoms with Crippen molar-refractivity contribution in [2.24, 2.45) is 7.05 Å². The third kappa shape index (κ3) is 2.26. The molecule has 1 aliphatic rings. The van der Waals surface area contributed by atoms with Crippen molar-refractivity contribution in [3.05, 3.63) is 71.8 Å². The summed E-state index contributed by atoms with van der Waals surface area (Å²) in [4.78, 5) is 14.1. The van der Waals surface area contributed by atoms with E-state index < -0.39 is 0 Å². The number of amides is 1. The van der Waals surface area contributed by atoms with Gasteiger partial charge in [-0.05, 0) is 29.7 Å². The predicted octanol–water partition coefficient (Wildman–Crippen LogP) is 3.33. The first-order chi connectivity index (χ1) is 12.1. The maximum absolute atomic E-state index is 12.4. The Morgan fingerprint density at radius 1 is 1.00 bits per heavy atom. The molecule has 1 amide bonds. The number of aryl methyl sites for hydroxylation is 1. The van der Waals surface area contributed by atoms with E-state index in [1.165, 1.54) is 0 Å². The summed E-state index contributed by atoms with van der Waals surface area (Å²) in [5.41, 5.74) is 4.01. The molecule has 0 spiro atoms. The van der Waals surface area contributed by atoms with Crippen LogP contribution in [0, 0.1) is 0 Å². The maximum atomic E-state index is 12.4. The number of likely N-dealkylation sites (N-methyl/N-ethyl adjacent to an activating group) is 1. The molecule has 2 heterocycles. The second-order valence-electron chi connectivity index (χ2n) is 6.12. The Bertz CT molecular complexity index is 1060. The van der Waals surface area contributed by atoms with Gasteiger partial charge in [0, 0.05) is 36.1 Å². The van der Waals surface area contributed by atoms with Gasteiger partial charge in [-0.3, -0.25) is 4.79 Å². The number of rotatable bonds is 2. The van der Waals surface area contributed by atoms with Crippen LogP contribution in [-0.2, 0) is 11.8 Å². The molecule has 2 aromatic carbocycles. The molecule has 25 heavy (non-hydrogen) atoms. The summed E-state index contributed by atoms with van der Waals surface area (Å²) in [5.74, 6) is -0.0720. The van der Waals surface area contributed by atoms with Crippen LogP contribution in [0.15, 0.2) is 60.7 Å². The van der Waals surface area contributed by atoms with E-state index in [-0.39, 0.29) is 11.8 Å². The quantitative estimate of drug-likeness (QED) is 0.677. The van der Waals surface area contributed by atoms with Gasteiger partial charge >= 0.3 is 0 Å². The molecule has 0 saturated heterocycles. The number of hydrogen-bond donors (Lipinski definition) is 0. The molecular formula is C21H17N2O2-. The lowest BCUT2D eigenvalue weighted by Crippen LogP contribution is -2.20. The molecule has 1 aromatic heterocycles. The van der Waals surface area contributed by atoms with Gasteiger partial charge in [0.15, 0.2) is 0 Å². The zero-order valence-corrected chi connectivity index (χ0v) is 14.1. The van der Waals surface area contributed by atoms with Gasteiger partial charge in [0.25, 0.3) is 5.91 Å². The number of carbonyl (C=O) groups excluding carboxylic acids is 1. The SMILES string of the molecule is CN1C(=O)/C(=C/C=C/c2c([O-])n(C)c3ccccc23)c2ccccc21. The van der Waals surface area contributed by atoms with Gasteiger partial charge in [-0.2, -0.15) is 0 Å². The van der Waals surface area contributed by atoms with Crippen LogP contribution in [0.5, 0.6) is 5.88 Å². The molecule has 4 rings (SSSR count). The molecule has 4 heteroatoms. The van der Waals surface area contributed by atoms with Gasteiger partial charge in [0.1, 0.15) is 0 Å². The highest BCUT2D eigenvalue weighted by Crippen LogP contribution is 2.35. The predicted molar refractivity (Wildman–Crippen MR) is 99.2 cm³/mol. The van der Waals surface area contributed by atoms with E-state index in [9.17, 15) is 9.90 Å². The van der Waals surface area contributed by atoms with E-state index in [1.807, 2.05) is 48.5 Å². The highest BCUT2D eigenvalue weighted by Gasteiger charge is 2.28. The molecule has 124 valence electrons. The van der Waals surface area contributed by atoms with Gasteiger partial charge in [-0.1, -0.05) is 48.6 Å². The molecule has 0 radical (unpaired) electrons. The van der Waals surface area contributed by atoms with Gasteiger partial charge in [0.05, 0.1) is 5.69 Å². The number of allylic oxidation sites excluding steroid dienone is 2.